The Morgan fingerprint density at radius 1 is 1.40 bits per heavy atom. The predicted molar refractivity (Wildman–Crippen MR) is 54.1 cm³/mol. The average Bonchev–Trinajstić information content (AvgIpc) is 2.65. The first-order valence-electron chi connectivity index (χ1n) is 4.96. The highest BCUT2D eigenvalue weighted by molar-refractivity contribution is 5.89. The summed E-state index contributed by atoms with van der Waals surface area (Å²) in [5.41, 5.74) is 0.527. The molecule has 0 aromatic heterocycles. The molecule has 1 fully saturated rings. The van der Waals surface area contributed by atoms with Crippen molar-refractivity contribution in [3.8, 4) is 0 Å². The van der Waals surface area contributed by atoms with Gasteiger partial charge in [0.15, 0.2) is 0 Å². The van der Waals surface area contributed by atoms with Gasteiger partial charge in [-0.15, -0.1) is 5.06 Å². The Morgan fingerprint density at radius 2 is 2.13 bits per heavy atom. The molecular weight excluding hydrogens is 194 g/mol. The van der Waals surface area contributed by atoms with E-state index in [0.29, 0.717) is 25.1 Å². The molecule has 0 amide bonds. The van der Waals surface area contributed by atoms with Crippen LogP contribution in [0.2, 0.25) is 0 Å². The fraction of sp³-hybridized carbons (Fsp3) is 0.364. The minimum absolute atomic E-state index is 0.371. The molecule has 0 saturated carbocycles. The van der Waals surface area contributed by atoms with Crippen LogP contribution in [0.4, 0.5) is 0 Å². The van der Waals surface area contributed by atoms with Crippen molar-refractivity contribution in [1.29, 1.82) is 0 Å². The van der Waals surface area contributed by atoms with Crippen molar-refractivity contribution < 1.29 is 14.7 Å². The molecule has 1 atom stereocenters. The first-order valence-corrected chi connectivity index (χ1v) is 4.96. The number of hydrogen-bond acceptors (Lipinski definition) is 4. The maximum absolute atomic E-state index is 11.6. The van der Waals surface area contributed by atoms with Gasteiger partial charge in [0.2, 0.25) is 0 Å². The molecule has 15 heavy (non-hydrogen) atoms. The van der Waals surface area contributed by atoms with E-state index in [9.17, 15) is 9.90 Å². The van der Waals surface area contributed by atoms with Crippen LogP contribution in [0, 0.1) is 0 Å². The second-order valence-corrected chi connectivity index (χ2v) is 3.58. The number of nitrogens with zero attached hydrogens (tertiary/aromatic N) is 1. The van der Waals surface area contributed by atoms with E-state index in [1.807, 2.05) is 6.07 Å². The molecule has 1 aliphatic heterocycles. The largest absolute Gasteiger partial charge is 0.392 e. The predicted octanol–water partition coefficient (Wildman–Crippen LogP) is 0.825. The lowest BCUT2D eigenvalue weighted by molar-refractivity contribution is -0.0981. The van der Waals surface area contributed by atoms with Crippen molar-refractivity contribution in [2.45, 2.75) is 12.5 Å². The summed E-state index contributed by atoms with van der Waals surface area (Å²) in [6.07, 6.45) is 0.274. The second-order valence-electron chi connectivity index (χ2n) is 3.58. The number of carbonyl (C=O) groups excluding carboxylic acids is 1. The molecule has 1 aromatic rings. The van der Waals surface area contributed by atoms with Crippen molar-refractivity contribution >= 4 is 5.97 Å². The van der Waals surface area contributed by atoms with Gasteiger partial charge in [-0.1, -0.05) is 18.2 Å². The maximum atomic E-state index is 11.6. The number of benzene rings is 1. The molecule has 1 saturated heterocycles. The summed E-state index contributed by atoms with van der Waals surface area (Å²) in [5, 5.41) is 10.8. The lowest BCUT2D eigenvalue weighted by atomic mass is 10.2. The van der Waals surface area contributed by atoms with Crippen LogP contribution in [0.5, 0.6) is 0 Å². The molecule has 2 rings (SSSR count). The zero-order valence-corrected chi connectivity index (χ0v) is 8.30. The summed E-state index contributed by atoms with van der Waals surface area (Å²) in [4.78, 5) is 16.7. The van der Waals surface area contributed by atoms with E-state index >= 15 is 0 Å². The van der Waals surface area contributed by atoms with Gasteiger partial charge in [-0.2, -0.15) is 0 Å². The number of rotatable bonds is 2. The standard InChI is InChI=1S/C11H13NO3/c13-10-6-7-12(8-10)15-11(14)9-4-2-1-3-5-9/h1-5,10,13H,6-8H2/t10-/m0/s1. The van der Waals surface area contributed by atoms with Crippen molar-refractivity contribution in [2.24, 2.45) is 0 Å². The van der Waals surface area contributed by atoms with Gasteiger partial charge in [-0.3, -0.25) is 0 Å². The first-order chi connectivity index (χ1) is 7.25. The van der Waals surface area contributed by atoms with E-state index < -0.39 is 0 Å². The Bertz CT molecular complexity index is 339. The highest BCUT2D eigenvalue weighted by Gasteiger charge is 2.23. The monoisotopic (exact) mass is 207 g/mol. The van der Waals surface area contributed by atoms with Gasteiger partial charge < -0.3 is 9.94 Å². The fourth-order valence-electron chi connectivity index (χ4n) is 1.54. The molecule has 0 spiro atoms. The molecule has 4 heteroatoms. The van der Waals surface area contributed by atoms with E-state index in [2.05, 4.69) is 0 Å². The minimum Gasteiger partial charge on any atom is -0.392 e. The van der Waals surface area contributed by atoms with Crippen LogP contribution in [0.15, 0.2) is 30.3 Å². The molecule has 0 radical (unpaired) electrons. The number of hydrogen-bond donors (Lipinski definition) is 1. The van der Waals surface area contributed by atoms with Gasteiger partial charge in [0.1, 0.15) is 0 Å². The van der Waals surface area contributed by atoms with Crippen molar-refractivity contribution in [3.63, 3.8) is 0 Å². The van der Waals surface area contributed by atoms with Crippen LogP contribution in [0.25, 0.3) is 0 Å². The van der Waals surface area contributed by atoms with Gasteiger partial charge in [0.25, 0.3) is 0 Å². The maximum Gasteiger partial charge on any atom is 0.357 e. The molecule has 0 bridgehead atoms. The quantitative estimate of drug-likeness (QED) is 0.780. The summed E-state index contributed by atoms with van der Waals surface area (Å²) >= 11 is 0. The molecular formula is C11H13NO3. The first kappa shape index (κ1) is 10.1. The van der Waals surface area contributed by atoms with Crippen molar-refractivity contribution in [1.82, 2.24) is 5.06 Å². The van der Waals surface area contributed by atoms with Crippen molar-refractivity contribution in [3.05, 3.63) is 35.9 Å². The summed E-state index contributed by atoms with van der Waals surface area (Å²) in [6.45, 7) is 0.998. The number of hydroxylamine groups is 2. The van der Waals surface area contributed by atoms with E-state index in [4.69, 9.17) is 4.84 Å². The minimum atomic E-state index is -0.381. The summed E-state index contributed by atoms with van der Waals surface area (Å²) in [5.74, 6) is -0.371. The van der Waals surface area contributed by atoms with Gasteiger partial charge in [0, 0.05) is 6.54 Å². The third-order valence-electron chi connectivity index (χ3n) is 2.35. The Balaban J connectivity index is 1.93. The highest BCUT2D eigenvalue weighted by atomic mass is 16.7. The highest BCUT2D eigenvalue weighted by Crippen LogP contribution is 2.11. The molecule has 1 aromatic carbocycles. The molecule has 4 nitrogen and oxygen atoms in total. The zero-order valence-electron chi connectivity index (χ0n) is 8.30. The molecule has 0 aliphatic carbocycles. The smallest absolute Gasteiger partial charge is 0.357 e. The molecule has 80 valence electrons. The van der Waals surface area contributed by atoms with Crippen LogP contribution in [-0.2, 0) is 4.84 Å². The Kier molecular flexibility index (Phi) is 2.99. The Hall–Kier alpha value is -1.39. The number of β-amino-alcohol motifs (C(OH)–C–C–N with tert-alkyl or cyclic N) is 1. The van der Waals surface area contributed by atoms with Crippen LogP contribution in [0.3, 0.4) is 0 Å². The van der Waals surface area contributed by atoms with Crippen molar-refractivity contribution in [2.75, 3.05) is 13.1 Å². The van der Waals surface area contributed by atoms with Gasteiger partial charge in [-0.25, -0.2) is 4.79 Å². The molecule has 0 unspecified atom stereocenters. The van der Waals surface area contributed by atoms with E-state index in [-0.39, 0.29) is 12.1 Å². The lowest BCUT2D eigenvalue weighted by Gasteiger charge is -2.14. The van der Waals surface area contributed by atoms with Crippen LogP contribution >= 0.6 is 0 Å². The van der Waals surface area contributed by atoms with E-state index in [1.54, 1.807) is 24.3 Å². The van der Waals surface area contributed by atoms with Gasteiger partial charge in [-0.05, 0) is 18.6 Å². The normalized spacial score (nSPS) is 21.5. The summed E-state index contributed by atoms with van der Waals surface area (Å²) < 4.78 is 0. The number of carbonyl (C=O) groups is 1. The van der Waals surface area contributed by atoms with Gasteiger partial charge in [0.05, 0.1) is 18.2 Å². The van der Waals surface area contributed by atoms with E-state index in [1.165, 1.54) is 5.06 Å². The number of aliphatic hydroxyl groups excluding tert-OH is 1. The zero-order chi connectivity index (χ0) is 10.7. The third kappa shape index (κ3) is 2.55. The SMILES string of the molecule is O=C(ON1CC[C@H](O)C1)c1ccccc1. The third-order valence-corrected chi connectivity index (χ3v) is 2.35. The Labute approximate surface area is 88.0 Å². The van der Waals surface area contributed by atoms with E-state index in [0.717, 1.165) is 0 Å². The number of aliphatic hydroxyl groups is 1. The van der Waals surface area contributed by atoms with Gasteiger partial charge >= 0.3 is 5.97 Å². The molecule has 1 aliphatic rings. The summed E-state index contributed by atoms with van der Waals surface area (Å²) in [6, 6.07) is 8.82. The average molecular weight is 207 g/mol. The van der Waals surface area contributed by atoms with Crippen LogP contribution in [-0.4, -0.2) is 35.3 Å². The summed E-state index contributed by atoms with van der Waals surface area (Å²) in [7, 11) is 0. The Morgan fingerprint density at radius 3 is 2.73 bits per heavy atom. The lowest BCUT2D eigenvalue weighted by Crippen LogP contribution is -2.26. The topological polar surface area (TPSA) is 49.8 Å². The molecule has 1 heterocycles. The molecule has 1 N–H and O–H groups in total. The van der Waals surface area contributed by atoms with Crippen LogP contribution < -0.4 is 0 Å². The second kappa shape index (κ2) is 4.42. The van der Waals surface area contributed by atoms with Crippen LogP contribution in [0.1, 0.15) is 16.8 Å². The fourth-order valence-corrected chi connectivity index (χ4v) is 1.54.